The van der Waals surface area contributed by atoms with Crippen LogP contribution >= 0.6 is 0 Å². The van der Waals surface area contributed by atoms with Gasteiger partial charge >= 0.3 is 0 Å². The number of allylic oxidation sites excluding steroid dienone is 2. The van der Waals surface area contributed by atoms with Gasteiger partial charge in [-0.3, -0.25) is 0 Å². The topological polar surface area (TPSA) is 140 Å². The van der Waals surface area contributed by atoms with Crippen LogP contribution in [0.5, 0.6) is 0 Å². The maximum atomic E-state index is 11.9. The number of aliphatic hydroxyl groups is 6. The Labute approximate surface area is 264 Å². The van der Waals surface area contributed by atoms with E-state index in [4.69, 9.17) is 9.47 Å². The van der Waals surface area contributed by atoms with Gasteiger partial charge in [0.1, 0.15) is 24.4 Å². The van der Waals surface area contributed by atoms with Gasteiger partial charge in [-0.25, -0.2) is 0 Å². The van der Waals surface area contributed by atoms with Crippen molar-refractivity contribution in [2.75, 3.05) is 13.2 Å². The quantitative estimate of drug-likeness (QED) is 0.205. The molecule has 0 amide bonds. The molecule has 0 unspecified atom stereocenters. The molecule has 1 aliphatic heterocycles. The van der Waals surface area contributed by atoms with Crippen molar-refractivity contribution in [3.05, 3.63) is 11.6 Å². The second-order valence-corrected chi connectivity index (χ2v) is 18.0. The molecule has 0 aromatic carbocycles. The second-order valence-electron chi connectivity index (χ2n) is 18.0. The lowest BCUT2D eigenvalue weighted by atomic mass is 9.33. The molecule has 0 aromatic heterocycles. The Balaban J connectivity index is 1.30. The predicted octanol–water partition coefficient (Wildman–Crippen LogP) is 3.94. The van der Waals surface area contributed by atoms with Gasteiger partial charge in [0.15, 0.2) is 6.29 Å². The average Bonchev–Trinajstić information content (AvgIpc) is 2.95. The summed E-state index contributed by atoms with van der Waals surface area (Å²) in [5, 5.41) is 63.7. The van der Waals surface area contributed by atoms with Crippen LogP contribution in [-0.4, -0.2) is 86.8 Å². The van der Waals surface area contributed by atoms with Gasteiger partial charge in [-0.1, -0.05) is 60.1 Å². The lowest BCUT2D eigenvalue weighted by molar-refractivity contribution is -0.330. The van der Waals surface area contributed by atoms with E-state index in [1.54, 1.807) is 0 Å². The van der Waals surface area contributed by atoms with E-state index in [9.17, 15) is 30.6 Å². The molecule has 8 heteroatoms. The van der Waals surface area contributed by atoms with Crippen molar-refractivity contribution in [1.82, 2.24) is 0 Å². The highest BCUT2D eigenvalue weighted by molar-refractivity contribution is 5.35. The van der Waals surface area contributed by atoms with Gasteiger partial charge in [-0.15, -0.1) is 0 Å². The minimum absolute atomic E-state index is 0.00750. The van der Waals surface area contributed by atoms with Crippen LogP contribution in [0.4, 0.5) is 0 Å². The third kappa shape index (κ3) is 4.44. The molecule has 8 nitrogen and oxygen atoms in total. The summed E-state index contributed by atoms with van der Waals surface area (Å²) in [6.45, 7) is 16.2. The first-order chi connectivity index (χ1) is 20.4. The Hall–Kier alpha value is -0.580. The lowest BCUT2D eigenvalue weighted by Gasteiger charge is -2.72. The van der Waals surface area contributed by atoms with Crippen LogP contribution in [0.3, 0.4) is 0 Å². The molecule has 6 rings (SSSR count). The highest BCUT2D eigenvalue weighted by Crippen LogP contribution is 2.75. The van der Waals surface area contributed by atoms with E-state index in [2.05, 4.69) is 54.5 Å². The van der Waals surface area contributed by atoms with Gasteiger partial charge in [0.2, 0.25) is 0 Å². The fourth-order valence-electron chi connectivity index (χ4n) is 12.3. The minimum atomic E-state index is -1.45. The van der Waals surface area contributed by atoms with Crippen LogP contribution in [0.2, 0.25) is 0 Å². The maximum absolute atomic E-state index is 11.9. The van der Waals surface area contributed by atoms with E-state index in [1.165, 1.54) is 5.57 Å². The molecule has 14 atom stereocenters. The number of hydrogen-bond acceptors (Lipinski definition) is 8. The van der Waals surface area contributed by atoms with Crippen molar-refractivity contribution in [2.24, 2.45) is 50.2 Å². The molecule has 6 aliphatic rings. The zero-order valence-corrected chi connectivity index (χ0v) is 28.1. The van der Waals surface area contributed by atoms with Crippen molar-refractivity contribution >= 4 is 0 Å². The van der Waals surface area contributed by atoms with E-state index in [1.807, 2.05) is 0 Å². The summed E-state index contributed by atoms with van der Waals surface area (Å²) in [5.74, 6) is 0.988. The number of aliphatic hydroxyl groups excluding tert-OH is 6. The first-order valence-corrected chi connectivity index (χ1v) is 17.4. The third-order valence-electron chi connectivity index (χ3n) is 15.3. The molecule has 1 saturated heterocycles. The van der Waals surface area contributed by atoms with E-state index < -0.39 is 48.8 Å². The molecule has 44 heavy (non-hydrogen) atoms. The first-order valence-electron chi connectivity index (χ1n) is 17.4. The van der Waals surface area contributed by atoms with Crippen molar-refractivity contribution < 1.29 is 40.1 Å². The molecule has 0 spiro atoms. The monoisotopic (exact) mass is 620 g/mol. The molecule has 0 aromatic rings. The number of fused-ring (bicyclic) bond motifs is 7. The zero-order chi connectivity index (χ0) is 32.3. The largest absolute Gasteiger partial charge is 0.396 e. The Morgan fingerprint density at radius 1 is 0.818 bits per heavy atom. The highest BCUT2D eigenvalue weighted by atomic mass is 16.7. The standard InChI is InChI=1S/C36H60O8/c1-31(2)14-15-36(19-38)21(16-31)20-8-9-24-33(5)12-11-26(44-30-29(42)28(41)27(40)22(18-37)43-30)32(3,4)23(33)10-13-34(24,6)35(20,7)17-25(36)39/h8,21-30,37-42H,9-19H2,1-7H3/t21-,22-,23-,24+,25+,26+,27+,28+,29-,30+,33+,34-,35-,36-/m1/s1. The summed E-state index contributed by atoms with van der Waals surface area (Å²) in [7, 11) is 0. The van der Waals surface area contributed by atoms with Gasteiger partial charge in [0, 0.05) is 5.41 Å². The fraction of sp³-hybridized carbons (Fsp3) is 0.944. The Morgan fingerprint density at radius 2 is 1.52 bits per heavy atom. The van der Waals surface area contributed by atoms with Gasteiger partial charge in [-0.05, 0) is 103 Å². The summed E-state index contributed by atoms with van der Waals surface area (Å²) in [6, 6.07) is 0. The SMILES string of the molecule is CC1(C)CC[C@@]2(CO)[C@H](C1)C1=CC[C@H]3[C@@]4(C)CC[C@H](O[C@@H]5O[C@H](CO)[C@H](O)[C@H](O)[C@H]5O)C(C)(C)[C@H]4CC[C@@]3(C)[C@]1(C)C[C@@H]2O. The molecule has 252 valence electrons. The third-order valence-corrected chi connectivity index (χ3v) is 15.3. The van der Waals surface area contributed by atoms with Crippen molar-refractivity contribution in [3.8, 4) is 0 Å². The number of ether oxygens (including phenoxy) is 2. The summed E-state index contributed by atoms with van der Waals surface area (Å²) < 4.78 is 12.2. The normalized spacial score (nSPS) is 54.7. The van der Waals surface area contributed by atoms with Crippen LogP contribution in [0.25, 0.3) is 0 Å². The van der Waals surface area contributed by atoms with Crippen molar-refractivity contribution in [1.29, 1.82) is 0 Å². The van der Waals surface area contributed by atoms with E-state index >= 15 is 0 Å². The number of rotatable bonds is 4. The van der Waals surface area contributed by atoms with Crippen LogP contribution in [-0.2, 0) is 9.47 Å². The Bertz CT molecular complexity index is 1140. The maximum Gasteiger partial charge on any atom is 0.186 e. The molecule has 0 bridgehead atoms. The molecule has 4 saturated carbocycles. The number of hydrogen-bond donors (Lipinski definition) is 6. The van der Waals surface area contributed by atoms with E-state index in [-0.39, 0.29) is 45.7 Å². The molecule has 6 N–H and O–H groups in total. The second kappa shape index (κ2) is 10.7. The average molecular weight is 621 g/mol. The van der Waals surface area contributed by atoms with Crippen LogP contribution in [0.1, 0.15) is 106 Å². The van der Waals surface area contributed by atoms with Gasteiger partial charge in [0.25, 0.3) is 0 Å². The molecular formula is C36H60O8. The van der Waals surface area contributed by atoms with Crippen LogP contribution < -0.4 is 0 Å². The predicted molar refractivity (Wildman–Crippen MR) is 166 cm³/mol. The molecule has 5 aliphatic carbocycles. The van der Waals surface area contributed by atoms with Crippen molar-refractivity contribution in [3.63, 3.8) is 0 Å². The lowest BCUT2D eigenvalue weighted by Crippen LogP contribution is -2.67. The van der Waals surface area contributed by atoms with Gasteiger partial charge in [0.05, 0.1) is 25.4 Å². The zero-order valence-electron chi connectivity index (χ0n) is 28.1. The molecule has 5 fully saturated rings. The summed E-state index contributed by atoms with van der Waals surface area (Å²) in [4.78, 5) is 0. The highest BCUT2D eigenvalue weighted by Gasteiger charge is 2.70. The molecule has 0 radical (unpaired) electrons. The smallest absolute Gasteiger partial charge is 0.186 e. The molecular weight excluding hydrogens is 560 g/mol. The van der Waals surface area contributed by atoms with Crippen LogP contribution in [0.15, 0.2) is 11.6 Å². The van der Waals surface area contributed by atoms with Crippen LogP contribution in [0, 0.1) is 50.2 Å². The summed E-state index contributed by atoms with van der Waals surface area (Å²) in [6.07, 6.45) is 3.91. The first kappa shape index (κ1) is 33.3. The minimum Gasteiger partial charge on any atom is -0.396 e. The Kier molecular flexibility index (Phi) is 8.11. The van der Waals surface area contributed by atoms with Crippen molar-refractivity contribution in [2.45, 2.75) is 149 Å². The van der Waals surface area contributed by atoms with Gasteiger partial charge in [-0.2, -0.15) is 0 Å². The van der Waals surface area contributed by atoms with E-state index in [0.29, 0.717) is 18.3 Å². The van der Waals surface area contributed by atoms with E-state index in [0.717, 1.165) is 51.4 Å². The summed E-state index contributed by atoms with van der Waals surface area (Å²) >= 11 is 0. The Morgan fingerprint density at radius 3 is 2.18 bits per heavy atom. The molecule has 1 heterocycles. The fourth-order valence-corrected chi connectivity index (χ4v) is 12.3. The van der Waals surface area contributed by atoms with Gasteiger partial charge < -0.3 is 40.1 Å². The summed E-state index contributed by atoms with van der Waals surface area (Å²) in [5.41, 5.74) is 0.911.